The van der Waals surface area contributed by atoms with E-state index in [1.807, 2.05) is 37.3 Å². The summed E-state index contributed by atoms with van der Waals surface area (Å²) in [6.07, 6.45) is 0.618. The molecule has 0 aliphatic carbocycles. The second-order valence-corrected chi connectivity index (χ2v) is 5.83. The Morgan fingerprint density at radius 1 is 1.27 bits per heavy atom. The lowest BCUT2D eigenvalue weighted by Crippen LogP contribution is -2.43. The van der Waals surface area contributed by atoms with Gasteiger partial charge in [0.2, 0.25) is 0 Å². The van der Waals surface area contributed by atoms with Crippen molar-refractivity contribution in [2.45, 2.75) is 45.1 Å². The summed E-state index contributed by atoms with van der Waals surface area (Å²) in [6.45, 7) is 6.22. The van der Waals surface area contributed by atoms with Gasteiger partial charge < -0.3 is 5.32 Å². The molecule has 116 valence electrons. The van der Waals surface area contributed by atoms with Crippen LogP contribution in [-0.4, -0.2) is 23.4 Å². The van der Waals surface area contributed by atoms with Crippen molar-refractivity contribution in [3.63, 3.8) is 0 Å². The summed E-state index contributed by atoms with van der Waals surface area (Å²) in [5, 5.41) is 11.5. The fraction of sp³-hybridized carbons (Fsp3) is 0.471. The highest BCUT2D eigenvalue weighted by Gasteiger charge is 2.50. The highest BCUT2D eigenvalue weighted by atomic mass is 16.2. The summed E-state index contributed by atoms with van der Waals surface area (Å²) < 4.78 is 0. The molecular weight excluding hydrogens is 278 g/mol. The van der Waals surface area contributed by atoms with Gasteiger partial charge >= 0.3 is 6.03 Å². The second-order valence-electron chi connectivity index (χ2n) is 5.83. The molecule has 1 aromatic carbocycles. The molecule has 1 aliphatic rings. The van der Waals surface area contributed by atoms with E-state index >= 15 is 0 Å². The highest BCUT2D eigenvalue weighted by molar-refractivity contribution is 6.07. The molecule has 3 amide bonds. The maximum absolute atomic E-state index is 12.7. The molecule has 1 unspecified atom stereocenters. The van der Waals surface area contributed by atoms with Crippen LogP contribution in [0, 0.1) is 11.3 Å². The zero-order valence-electron chi connectivity index (χ0n) is 13.2. The van der Waals surface area contributed by atoms with E-state index in [0.717, 1.165) is 10.5 Å². The zero-order chi connectivity index (χ0) is 16.3. The first-order chi connectivity index (χ1) is 10.5. The molecule has 1 heterocycles. The first-order valence-electron chi connectivity index (χ1n) is 7.57. The summed E-state index contributed by atoms with van der Waals surface area (Å²) in [5.74, 6) is 0.139. The molecule has 1 aromatic rings. The van der Waals surface area contributed by atoms with Crippen molar-refractivity contribution in [1.29, 1.82) is 5.26 Å². The number of benzene rings is 1. The van der Waals surface area contributed by atoms with Gasteiger partial charge in [0, 0.05) is 6.54 Å². The van der Waals surface area contributed by atoms with Gasteiger partial charge in [0.05, 0.1) is 12.5 Å². The first-order valence-corrected chi connectivity index (χ1v) is 7.57. The Morgan fingerprint density at radius 3 is 2.41 bits per heavy atom. The smallest absolute Gasteiger partial charge is 0.319 e. The van der Waals surface area contributed by atoms with Gasteiger partial charge in [0.25, 0.3) is 5.91 Å². The molecule has 0 saturated carbocycles. The summed E-state index contributed by atoms with van der Waals surface area (Å²) in [4.78, 5) is 26.0. The molecule has 1 saturated heterocycles. The minimum Gasteiger partial charge on any atom is -0.319 e. The molecule has 1 aliphatic heterocycles. The van der Waals surface area contributed by atoms with Crippen molar-refractivity contribution in [2.75, 3.05) is 6.54 Å². The van der Waals surface area contributed by atoms with E-state index in [2.05, 4.69) is 19.2 Å². The van der Waals surface area contributed by atoms with Crippen molar-refractivity contribution >= 4 is 11.9 Å². The topological polar surface area (TPSA) is 73.2 Å². The van der Waals surface area contributed by atoms with Gasteiger partial charge in [-0.15, -0.1) is 0 Å². The molecule has 22 heavy (non-hydrogen) atoms. The maximum Gasteiger partial charge on any atom is 0.325 e. The molecule has 2 rings (SSSR count). The summed E-state index contributed by atoms with van der Waals surface area (Å²) in [6, 6.07) is 9.35. The number of imide groups is 1. The third kappa shape index (κ3) is 2.57. The predicted octanol–water partition coefficient (Wildman–Crippen LogP) is 2.88. The van der Waals surface area contributed by atoms with E-state index in [1.54, 1.807) is 0 Å². The van der Waals surface area contributed by atoms with Crippen molar-refractivity contribution < 1.29 is 9.59 Å². The monoisotopic (exact) mass is 299 g/mol. The second kappa shape index (κ2) is 6.18. The van der Waals surface area contributed by atoms with Crippen LogP contribution in [0.15, 0.2) is 24.3 Å². The Labute approximate surface area is 130 Å². The van der Waals surface area contributed by atoms with Crippen molar-refractivity contribution in [3.05, 3.63) is 35.4 Å². The Bertz CT molecular complexity index is 616. The van der Waals surface area contributed by atoms with Crippen LogP contribution in [0.2, 0.25) is 0 Å². The lowest BCUT2D eigenvalue weighted by molar-refractivity contribution is -0.131. The lowest BCUT2D eigenvalue weighted by atomic mass is 9.86. The molecule has 0 radical (unpaired) electrons. The van der Waals surface area contributed by atoms with Crippen LogP contribution >= 0.6 is 0 Å². The fourth-order valence-electron chi connectivity index (χ4n) is 2.78. The fourth-order valence-corrected chi connectivity index (χ4v) is 2.78. The molecule has 1 N–H and O–H groups in total. The third-order valence-corrected chi connectivity index (χ3v) is 4.22. The summed E-state index contributed by atoms with van der Waals surface area (Å²) in [5.41, 5.74) is 0.965. The number of amides is 3. The van der Waals surface area contributed by atoms with Crippen LogP contribution < -0.4 is 5.32 Å². The normalized spacial score (nSPS) is 21.1. The van der Waals surface area contributed by atoms with Gasteiger partial charge in [0.15, 0.2) is 0 Å². The van der Waals surface area contributed by atoms with Crippen LogP contribution in [0.1, 0.15) is 50.7 Å². The molecule has 1 fully saturated rings. The first kappa shape index (κ1) is 16.0. The largest absolute Gasteiger partial charge is 0.325 e. The van der Waals surface area contributed by atoms with E-state index in [4.69, 9.17) is 5.26 Å². The van der Waals surface area contributed by atoms with Gasteiger partial charge in [-0.3, -0.25) is 9.69 Å². The number of carbonyl (C=O) groups excluding carboxylic acids is 2. The number of nitrogens with zero attached hydrogens (tertiary/aromatic N) is 2. The Hall–Kier alpha value is -2.35. The number of hydrogen-bond acceptors (Lipinski definition) is 3. The third-order valence-electron chi connectivity index (χ3n) is 4.22. The molecule has 0 aromatic heterocycles. The quantitative estimate of drug-likeness (QED) is 0.850. The van der Waals surface area contributed by atoms with E-state index in [1.165, 1.54) is 5.56 Å². The Morgan fingerprint density at radius 2 is 1.91 bits per heavy atom. The van der Waals surface area contributed by atoms with E-state index < -0.39 is 11.6 Å². The number of nitrogens with one attached hydrogen (secondary N) is 1. The van der Waals surface area contributed by atoms with Gasteiger partial charge in [-0.1, -0.05) is 45.0 Å². The van der Waals surface area contributed by atoms with Crippen LogP contribution in [0.4, 0.5) is 4.79 Å². The van der Waals surface area contributed by atoms with Crippen LogP contribution in [0.3, 0.4) is 0 Å². The van der Waals surface area contributed by atoms with Crippen LogP contribution in [0.25, 0.3) is 0 Å². The number of nitriles is 1. The summed E-state index contributed by atoms with van der Waals surface area (Å²) >= 11 is 0. The molecular formula is C17H21N3O2. The number of hydrogen-bond donors (Lipinski definition) is 1. The van der Waals surface area contributed by atoms with Crippen LogP contribution in [0.5, 0.6) is 0 Å². The standard InChI is InChI=1S/C17H21N3O2/c1-4-17(14-8-6-13(7-9-14)12(2)3)15(21)20(11-5-10-18)16(22)19-17/h6-9,12H,4-5,11H2,1-3H3,(H,19,22). The van der Waals surface area contributed by atoms with Gasteiger partial charge in [-0.2, -0.15) is 5.26 Å². The van der Waals surface area contributed by atoms with Gasteiger partial charge in [-0.05, 0) is 23.5 Å². The minimum atomic E-state index is -1.01. The minimum absolute atomic E-state index is 0.132. The SMILES string of the molecule is CCC1(c2ccc(C(C)C)cc2)NC(=O)N(CCC#N)C1=O. The van der Waals surface area contributed by atoms with E-state index in [-0.39, 0.29) is 18.9 Å². The van der Waals surface area contributed by atoms with Crippen molar-refractivity contribution in [1.82, 2.24) is 10.2 Å². The Kier molecular flexibility index (Phi) is 4.51. The van der Waals surface area contributed by atoms with Gasteiger partial charge in [0.1, 0.15) is 5.54 Å². The zero-order valence-corrected chi connectivity index (χ0v) is 13.2. The van der Waals surface area contributed by atoms with Gasteiger partial charge in [-0.25, -0.2) is 4.79 Å². The maximum atomic E-state index is 12.7. The average Bonchev–Trinajstić information content (AvgIpc) is 2.77. The highest BCUT2D eigenvalue weighted by Crippen LogP contribution is 2.33. The van der Waals surface area contributed by atoms with Crippen LogP contribution in [-0.2, 0) is 10.3 Å². The van der Waals surface area contributed by atoms with Crippen molar-refractivity contribution in [2.24, 2.45) is 0 Å². The average molecular weight is 299 g/mol. The summed E-state index contributed by atoms with van der Waals surface area (Å²) in [7, 11) is 0. The van der Waals surface area contributed by atoms with E-state index in [0.29, 0.717) is 12.3 Å². The number of rotatable bonds is 5. The number of urea groups is 1. The Balaban J connectivity index is 2.35. The lowest BCUT2D eigenvalue weighted by Gasteiger charge is -2.26. The molecule has 5 nitrogen and oxygen atoms in total. The molecule has 0 spiro atoms. The van der Waals surface area contributed by atoms with Crippen molar-refractivity contribution in [3.8, 4) is 6.07 Å². The predicted molar refractivity (Wildman–Crippen MR) is 83.0 cm³/mol. The molecule has 1 atom stereocenters. The van der Waals surface area contributed by atoms with E-state index in [9.17, 15) is 9.59 Å². The molecule has 5 heteroatoms. The number of carbonyl (C=O) groups is 2. The molecule has 0 bridgehead atoms.